The number of benzene rings is 1. The molecule has 1 N–H and O–H groups in total. The van der Waals surface area contributed by atoms with Crippen LogP contribution >= 0.6 is 27.3 Å². The van der Waals surface area contributed by atoms with Crippen LogP contribution in [0.5, 0.6) is 0 Å². The van der Waals surface area contributed by atoms with Crippen molar-refractivity contribution in [2.24, 2.45) is 0 Å². The quantitative estimate of drug-likeness (QED) is 0.794. The van der Waals surface area contributed by atoms with Crippen molar-refractivity contribution in [3.05, 3.63) is 50.6 Å². The van der Waals surface area contributed by atoms with Gasteiger partial charge in [-0.15, -0.1) is 11.3 Å². The summed E-state index contributed by atoms with van der Waals surface area (Å²) in [7, 11) is 0. The number of rotatable bonds is 4. The molecule has 0 fully saturated rings. The molecule has 1 aromatic heterocycles. The van der Waals surface area contributed by atoms with Gasteiger partial charge in [-0.2, -0.15) is 0 Å². The zero-order chi connectivity index (χ0) is 16.3. The van der Waals surface area contributed by atoms with E-state index < -0.39 is 17.7 Å². The van der Waals surface area contributed by atoms with Crippen LogP contribution in [0.3, 0.4) is 0 Å². The molecule has 1 aromatic carbocycles. The van der Waals surface area contributed by atoms with Gasteiger partial charge < -0.3 is 10.1 Å². The summed E-state index contributed by atoms with van der Waals surface area (Å²) < 4.78 is 19.2. The lowest BCUT2D eigenvalue weighted by Crippen LogP contribution is -2.12. The molecule has 1 amide bonds. The Labute approximate surface area is 139 Å². The largest absolute Gasteiger partial charge is 0.462 e. The van der Waals surface area contributed by atoms with Gasteiger partial charge in [0, 0.05) is 4.47 Å². The second-order valence-electron chi connectivity index (χ2n) is 4.42. The number of aryl methyl sites for hydroxylation is 1. The van der Waals surface area contributed by atoms with E-state index in [0.717, 1.165) is 11.3 Å². The second-order valence-corrected chi connectivity index (χ2v) is 6.39. The number of amides is 1. The van der Waals surface area contributed by atoms with Crippen LogP contribution in [0.15, 0.2) is 28.7 Å². The number of carbonyl (C=O) groups is 2. The smallest absolute Gasteiger partial charge is 0.348 e. The molecule has 0 aliphatic rings. The predicted octanol–water partition coefficient (Wildman–Crippen LogP) is 4.39. The average Bonchev–Trinajstić information content (AvgIpc) is 2.82. The Hall–Kier alpha value is -1.73. The van der Waals surface area contributed by atoms with Gasteiger partial charge in [0.05, 0.1) is 17.2 Å². The van der Waals surface area contributed by atoms with Crippen molar-refractivity contribution in [1.29, 1.82) is 0 Å². The van der Waals surface area contributed by atoms with Crippen LogP contribution in [-0.4, -0.2) is 18.5 Å². The molecule has 0 aliphatic carbocycles. The number of anilines is 1. The third kappa shape index (κ3) is 3.72. The molecule has 4 nitrogen and oxygen atoms in total. The zero-order valence-electron chi connectivity index (χ0n) is 11.9. The van der Waals surface area contributed by atoms with Gasteiger partial charge in [-0.3, -0.25) is 4.79 Å². The van der Waals surface area contributed by atoms with E-state index in [1.54, 1.807) is 19.9 Å². The van der Waals surface area contributed by atoms with Crippen LogP contribution in [0.1, 0.15) is 32.5 Å². The van der Waals surface area contributed by atoms with Crippen molar-refractivity contribution < 1.29 is 18.7 Å². The van der Waals surface area contributed by atoms with Crippen LogP contribution in [0, 0.1) is 12.7 Å². The maximum Gasteiger partial charge on any atom is 0.348 e. The van der Waals surface area contributed by atoms with Crippen molar-refractivity contribution in [1.82, 2.24) is 0 Å². The summed E-state index contributed by atoms with van der Waals surface area (Å²) in [5.41, 5.74) is 0.631. The number of hydrogen-bond donors (Lipinski definition) is 1. The van der Waals surface area contributed by atoms with Crippen LogP contribution in [0.2, 0.25) is 0 Å². The van der Waals surface area contributed by atoms with Crippen molar-refractivity contribution >= 4 is 44.1 Å². The van der Waals surface area contributed by atoms with Crippen LogP contribution in [-0.2, 0) is 4.74 Å². The molecule has 2 rings (SSSR count). The minimum atomic E-state index is -0.611. The third-order valence-corrected chi connectivity index (χ3v) is 4.41. The first-order valence-corrected chi connectivity index (χ1v) is 8.07. The molecule has 0 bridgehead atoms. The SMILES string of the molecule is CCOC(=O)c1sc(NC(=O)c2cc(Br)ccc2F)cc1C. The van der Waals surface area contributed by atoms with Crippen molar-refractivity contribution in [3.8, 4) is 0 Å². The first-order valence-electron chi connectivity index (χ1n) is 6.46. The molecule has 7 heteroatoms. The molecule has 0 unspecified atom stereocenters. The van der Waals surface area contributed by atoms with Gasteiger partial charge in [0.15, 0.2) is 0 Å². The minimum absolute atomic E-state index is 0.0712. The van der Waals surface area contributed by atoms with Crippen LogP contribution in [0.25, 0.3) is 0 Å². The Bertz CT molecular complexity index is 730. The highest BCUT2D eigenvalue weighted by Gasteiger charge is 2.18. The van der Waals surface area contributed by atoms with E-state index in [1.165, 1.54) is 18.2 Å². The highest BCUT2D eigenvalue weighted by molar-refractivity contribution is 9.10. The number of halogens is 2. The lowest BCUT2D eigenvalue weighted by molar-refractivity contribution is 0.0531. The van der Waals surface area contributed by atoms with E-state index in [1.807, 2.05) is 0 Å². The fourth-order valence-corrected chi connectivity index (χ4v) is 3.12. The van der Waals surface area contributed by atoms with E-state index in [2.05, 4.69) is 21.2 Å². The Kier molecular flexibility index (Phi) is 5.31. The molecule has 22 heavy (non-hydrogen) atoms. The predicted molar refractivity (Wildman–Crippen MR) is 87.1 cm³/mol. The summed E-state index contributed by atoms with van der Waals surface area (Å²) in [4.78, 5) is 24.3. The lowest BCUT2D eigenvalue weighted by atomic mass is 10.2. The van der Waals surface area contributed by atoms with Crippen molar-refractivity contribution in [2.75, 3.05) is 11.9 Å². The number of hydrogen-bond acceptors (Lipinski definition) is 4. The maximum atomic E-state index is 13.7. The Morgan fingerprint density at radius 2 is 2.09 bits per heavy atom. The Balaban J connectivity index is 2.20. The lowest BCUT2D eigenvalue weighted by Gasteiger charge is -2.04. The number of nitrogens with one attached hydrogen (secondary N) is 1. The molecular formula is C15H13BrFNO3S. The number of esters is 1. The highest BCUT2D eigenvalue weighted by atomic mass is 79.9. The normalized spacial score (nSPS) is 10.4. The van der Waals surface area contributed by atoms with Crippen LogP contribution in [0.4, 0.5) is 9.39 Å². The summed E-state index contributed by atoms with van der Waals surface area (Å²) in [6.07, 6.45) is 0. The van der Waals surface area contributed by atoms with Gasteiger partial charge in [0.1, 0.15) is 10.7 Å². The van der Waals surface area contributed by atoms with Gasteiger partial charge >= 0.3 is 5.97 Å². The molecule has 0 aliphatic heterocycles. The van der Waals surface area contributed by atoms with E-state index >= 15 is 0 Å². The Morgan fingerprint density at radius 1 is 1.36 bits per heavy atom. The molecule has 0 atom stereocenters. The molecule has 1 heterocycles. The molecule has 0 radical (unpaired) electrons. The molecular weight excluding hydrogens is 373 g/mol. The van der Waals surface area contributed by atoms with Crippen molar-refractivity contribution in [2.45, 2.75) is 13.8 Å². The van der Waals surface area contributed by atoms with Gasteiger partial charge in [0.25, 0.3) is 5.91 Å². The van der Waals surface area contributed by atoms with Gasteiger partial charge in [-0.05, 0) is 43.7 Å². The fraction of sp³-hybridized carbons (Fsp3) is 0.200. The van der Waals surface area contributed by atoms with Gasteiger partial charge in [-0.25, -0.2) is 9.18 Å². The van der Waals surface area contributed by atoms with E-state index in [9.17, 15) is 14.0 Å². The first-order chi connectivity index (χ1) is 10.4. The van der Waals surface area contributed by atoms with Gasteiger partial charge in [-0.1, -0.05) is 15.9 Å². The molecule has 0 saturated carbocycles. The summed E-state index contributed by atoms with van der Waals surface area (Å²) >= 11 is 4.30. The molecule has 0 spiro atoms. The summed E-state index contributed by atoms with van der Waals surface area (Å²) in [6, 6.07) is 5.78. The summed E-state index contributed by atoms with van der Waals surface area (Å²) in [6.45, 7) is 3.75. The average molecular weight is 386 g/mol. The third-order valence-electron chi connectivity index (χ3n) is 2.79. The Morgan fingerprint density at radius 3 is 2.77 bits per heavy atom. The monoisotopic (exact) mass is 385 g/mol. The van der Waals surface area contributed by atoms with Crippen molar-refractivity contribution in [3.63, 3.8) is 0 Å². The fourth-order valence-electron chi connectivity index (χ4n) is 1.79. The number of carbonyl (C=O) groups excluding carboxylic acids is 2. The number of ether oxygens (including phenoxy) is 1. The molecule has 116 valence electrons. The standard InChI is InChI=1S/C15H13BrFNO3S/c1-3-21-15(20)13-8(2)6-12(22-13)18-14(19)10-7-9(16)4-5-11(10)17/h4-7H,3H2,1-2H3,(H,18,19). The zero-order valence-corrected chi connectivity index (χ0v) is 14.3. The van der Waals surface area contributed by atoms with Crippen LogP contribution < -0.4 is 5.32 Å². The minimum Gasteiger partial charge on any atom is -0.462 e. The summed E-state index contributed by atoms with van der Waals surface area (Å²) in [5, 5.41) is 3.06. The first kappa shape index (κ1) is 16.6. The number of thiophene rings is 1. The second kappa shape index (κ2) is 7.02. The highest BCUT2D eigenvalue weighted by Crippen LogP contribution is 2.28. The van der Waals surface area contributed by atoms with E-state index in [-0.39, 0.29) is 12.2 Å². The summed E-state index contributed by atoms with van der Waals surface area (Å²) in [5.74, 6) is -1.62. The van der Waals surface area contributed by atoms with E-state index in [0.29, 0.717) is 19.9 Å². The van der Waals surface area contributed by atoms with Gasteiger partial charge in [0.2, 0.25) is 0 Å². The topological polar surface area (TPSA) is 55.4 Å². The molecule has 2 aromatic rings. The van der Waals surface area contributed by atoms with E-state index in [4.69, 9.17) is 4.74 Å². The maximum absolute atomic E-state index is 13.7. The molecule has 0 saturated heterocycles.